The van der Waals surface area contributed by atoms with Gasteiger partial charge in [0.25, 0.3) is 0 Å². The topological polar surface area (TPSA) is 16.4 Å². The van der Waals surface area contributed by atoms with Crippen molar-refractivity contribution in [3.8, 4) is 11.1 Å². The van der Waals surface area contributed by atoms with E-state index in [-0.39, 0.29) is 0 Å². The van der Waals surface area contributed by atoms with Crippen molar-refractivity contribution in [2.24, 2.45) is 0 Å². The van der Waals surface area contributed by atoms with Gasteiger partial charge in [0.05, 0.1) is 16.8 Å². The normalized spacial score (nSPS) is 11.8. The molecule has 47 heavy (non-hydrogen) atoms. The van der Waals surface area contributed by atoms with Crippen LogP contribution in [0.3, 0.4) is 0 Å². The van der Waals surface area contributed by atoms with Gasteiger partial charge < -0.3 is 9.32 Å². The molecule has 0 aliphatic carbocycles. The molecule has 3 heteroatoms. The molecule has 0 N–H and O–H groups in total. The zero-order valence-electron chi connectivity index (χ0n) is 25.4. The summed E-state index contributed by atoms with van der Waals surface area (Å²) in [5.74, 6) is 0. The highest BCUT2D eigenvalue weighted by atomic mass is 32.1. The first-order chi connectivity index (χ1) is 23.3. The lowest BCUT2D eigenvalue weighted by Gasteiger charge is -2.27. The van der Waals surface area contributed by atoms with E-state index in [1.54, 1.807) is 0 Å². The first-order valence-electron chi connectivity index (χ1n) is 15.9. The van der Waals surface area contributed by atoms with Crippen molar-refractivity contribution in [3.63, 3.8) is 0 Å². The lowest BCUT2D eigenvalue weighted by molar-refractivity contribution is 0.672. The highest BCUT2D eigenvalue weighted by Crippen LogP contribution is 2.49. The van der Waals surface area contributed by atoms with Crippen molar-refractivity contribution in [1.29, 1.82) is 0 Å². The Kier molecular flexibility index (Phi) is 5.78. The SMILES string of the molecule is c1cc(-c2ccc3ccccc3c2)cc(N(c2cccc3oc4c5ccccc5ccc4c23)c2cccc3sc4ccccc4c23)c1. The minimum Gasteiger partial charge on any atom is -0.455 e. The average Bonchev–Trinajstić information content (AvgIpc) is 3.71. The summed E-state index contributed by atoms with van der Waals surface area (Å²) in [6, 6.07) is 59.1. The number of furan rings is 1. The number of benzene rings is 8. The summed E-state index contributed by atoms with van der Waals surface area (Å²) in [6.07, 6.45) is 0. The van der Waals surface area contributed by atoms with E-state index < -0.39 is 0 Å². The molecule has 220 valence electrons. The number of hydrogen-bond donors (Lipinski definition) is 0. The van der Waals surface area contributed by atoms with E-state index in [0.717, 1.165) is 44.4 Å². The molecule has 0 saturated heterocycles. The second-order valence-electron chi connectivity index (χ2n) is 12.1. The Bertz CT molecular complexity index is 2820. The largest absolute Gasteiger partial charge is 0.455 e. The molecule has 8 aromatic carbocycles. The number of fused-ring (bicyclic) bond motifs is 9. The van der Waals surface area contributed by atoms with E-state index in [9.17, 15) is 0 Å². The van der Waals surface area contributed by atoms with Crippen LogP contribution in [0.2, 0.25) is 0 Å². The maximum Gasteiger partial charge on any atom is 0.143 e. The van der Waals surface area contributed by atoms with Gasteiger partial charge in [0.2, 0.25) is 0 Å². The van der Waals surface area contributed by atoms with E-state index in [1.807, 2.05) is 11.3 Å². The Morgan fingerprint density at radius 3 is 2.02 bits per heavy atom. The summed E-state index contributed by atoms with van der Waals surface area (Å²) < 4.78 is 9.24. The molecule has 2 aromatic heterocycles. The Balaban J connectivity index is 1.28. The highest BCUT2D eigenvalue weighted by Gasteiger charge is 2.23. The molecule has 2 nitrogen and oxygen atoms in total. The van der Waals surface area contributed by atoms with Crippen LogP contribution in [0.1, 0.15) is 0 Å². The molecule has 0 radical (unpaired) electrons. The Hall–Kier alpha value is -5.90. The van der Waals surface area contributed by atoms with Crippen LogP contribution < -0.4 is 4.90 Å². The van der Waals surface area contributed by atoms with Crippen molar-refractivity contribution < 1.29 is 4.42 Å². The summed E-state index contributed by atoms with van der Waals surface area (Å²) in [7, 11) is 0. The summed E-state index contributed by atoms with van der Waals surface area (Å²) in [5, 5.41) is 9.56. The number of nitrogens with zero attached hydrogens (tertiary/aromatic N) is 1. The van der Waals surface area contributed by atoms with E-state index in [2.05, 4.69) is 169 Å². The van der Waals surface area contributed by atoms with E-state index >= 15 is 0 Å². The van der Waals surface area contributed by atoms with E-state index in [0.29, 0.717) is 0 Å². The van der Waals surface area contributed by atoms with Gasteiger partial charge >= 0.3 is 0 Å². The van der Waals surface area contributed by atoms with Gasteiger partial charge in [0.1, 0.15) is 11.2 Å². The van der Waals surface area contributed by atoms with Crippen LogP contribution in [0.25, 0.3) is 74.8 Å². The van der Waals surface area contributed by atoms with Crippen LogP contribution in [-0.4, -0.2) is 0 Å². The number of hydrogen-bond acceptors (Lipinski definition) is 3. The number of thiophene rings is 1. The average molecular weight is 618 g/mol. The highest BCUT2D eigenvalue weighted by molar-refractivity contribution is 7.26. The second kappa shape index (κ2) is 10.3. The smallest absolute Gasteiger partial charge is 0.143 e. The third-order valence-electron chi connectivity index (χ3n) is 9.41. The molecule has 0 saturated carbocycles. The zero-order chi connectivity index (χ0) is 30.9. The molecule has 0 aliphatic rings. The van der Waals surface area contributed by atoms with Crippen molar-refractivity contribution >= 4 is 92.1 Å². The van der Waals surface area contributed by atoms with Crippen LogP contribution in [0.5, 0.6) is 0 Å². The minimum atomic E-state index is 0.881. The fourth-order valence-electron chi connectivity index (χ4n) is 7.27. The molecule has 0 unspecified atom stereocenters. The maximum absolute atomic E-state index is 6.68. The Morgan fingerprint density at radius 1 is 0.426 bits per heavy atom. The summed E-state index contributed by atoms with van der Waals surface area (Å²) >= 11 is 1.85. The van der Waals surface area contributed by atoms with Crippen LogP contribution in [-0.2, 0) is 0 Å². The van der Waals surface area contributed by atoms with Gasteiger partial charge in [-0.2, -0.15) is 0 Å². The van der Waals surface area contributed by atoms with Gasteiger partial charge in [0, 0.05) is 36.6 Å². The van der Waals surface area contributed by atoms with Gasteiger partial charge in [-0.3, -0.25) is 0 Å². The van der Waals surface area contributed by atoms with Gasteiger partial charge in [0.15, 0.2) is 0 Å². The van der Waals surface area contributed by atoms with Gasteiger partial charge in [-0.05, 0) is 81.9 Å². The van der Waals surface area contributed by atoms with E-state index in [4.69, 9.17) is 4.42 Å². The first-order valence-corrected chi connectivity index (χ1v) is 16.7. The van der Waals surface area contributed by atoms with Gasteiger partial charge in [-0.1, -0.05) is 109 Å². The first kappa shape index (κ1) is 26.3. The van der Waals surface area contributed by atoms with Crippen molar-refractivity contribution in [1.82, 2.24) is 0 Å². The minimum absolute atomic E-state index is 0.881. The quantitative estimate of drug-likeness (QED) is 0.195. The lowest BCUT2D eigenvalue weighted by atomic mass is 9.99. The molecule has 0 spiro atoms. The van der Waals surface area contributed by atoms with Crippen molar-refractivity contribution in [3.05, 3.63) is 164 Å². The van der Waals surface area contributed by atoms with Gasteiger partial charge in [-0.25, -0.2) is 0 Å². The fourth-order valence-corrected chi connectivity index (χ4v) is 8.39. The predicted octanol–water partition coefficient (Wildman–Crippen LogP) is 13.4. The van der Waals surface area contributed by atoms with Crippen molar-refractivity contribution in [2.75, 3.05) is 4.90 Å². The molecular formula is C44H27NOS. The second-order valence-corrected chi connectivity index (χ2v) is 13.2. The van der Waals surface area contributed by atoms with Gasteiger partial charge in [-0.15, -0.1) is 11.3 Å². The molecule has 0 fully saturated rings. The molecule has 2 heterocycles. The maximum atomic E-state index is 6.68. The predicted molar refractivity (Wildman–Crippen MR) is 202 cm³/mol. The summed E-state index contributed by atoms with van der Waals surface area (Å²) in [6.45, 7) is 0. The van der Waals surface area contributed by atoms with E-state index in [1.165, 1.54) is 47.5 Å². The monoisotopic (exact) mass is 617 g/mol. The third kappa shape index (κ3) is 4.10. The molecule has 10 aromatic rings. The molecule has 0 aliphatic heterocycles. The van der Waals surface area contributed by atoms with Crippen LogP contribution in [0, 0.1) is 0 Å². The van der Waals surface area contributed by atoms with Crippen LogP contribution in [0.15, 0.2) is 168 Å². The molecule has 10 rings (SSSR count). The lowest BCUT2D eigenvalue weighted by Crippen LogP contribution is -2.10. The summed E-state index contributed by atoms with van der Waals surface area (Å²) in [4.78, 5) is 2.44. The molecule has 0 atom stereocenters. The van der Waals surface area contributed by atoms with Crippen LogP contribution >= 0.6 is 11.3 Å². The molecule has 0 amide bonds. The summed E-state index contributed by atoms with van der Waals surface area (Å²) in [5.41, 5.74) is 7.52. The number of anilines is 3. The standard InChI is InChI=1S/C44H27NOS/c1-2-12-30-26-32(23-22-28(30)10-1)31-13-7-14-33(27-31)45(38-18-9-21-41-43(38)35-16-5-6-20-40(35)47-41)37-17-8-19-39-42(37)36-25-24-29-11-3-4-15-34(29)44(36)46-39/h1-27H. The van der Waals surface area contributed by atoms with Crippen LogP contribution in [0.4, 0.5) is 17.1 Å². The molecule has 0 bridgehead atoms. The Labute approximate surface area is 275 Å². The molecular weight excluding hydrogens is 591 g/mol. The third-order valence-corrected chi connectivity index (χ3v) is 10.6. The van der Waals surface area contributed by atoms with Crippen molar-refractivity contribution in [2.45, 2.75) is 0 Å². The fraction of sp³-hybridized carbons (Fsp3) is 0. The number of rotatable bonds is 4. The zero-order valence-corrected chi connectivity index (χ0v) is 26.2. The Morgan fingerprint density at radius 2 is 1.11 bits per heavy atom.